The lowest BCUT2D eigenvalue weighted by atomic mass is 10.1. The van der Waals surface area contributed by atoms with Gasteiger partial charge in [0.15, 0.2) is 0 Å². The van der Waals surface area contributed by atoms with Crippen LogP contribution in [0.2, 0.25) is 0 Å². The molecule has 0 amide bonds. The van der Waals surface area contributed by atoms with Crippen LogP contribution in [0.4, 0.5) is 0 Å². The largest absolute Gasteiger partial charge is 0.387 e. The summed E-state index contributed by atoms with van der Waals surface area (Å²) in [6, 6.07) is 9.91. The van der Waals surface area contributed by atoms with E-state index in [1.807, 2.05) is 49.8 Å². The molecule has 0 radical (unpaired) electrons. The summed E-state index contributed by atoms with van der Waals surface area (Å²) in [7, 11) is 2.04. The van der Waals surface area contributed by atoms with Crippen LogP contribution < -0.4 is 0 Å². The third kappa shape index (κ3) is 3.74. The molecule has 2 aromatic rings. The Morgan fingerprint density at radius 2 is 1.77 bits per heavy atom. The molecule has 1 N–H and O–H groups in total. The standard InChI is InChI=1S/C17H24N4O/c1-19-8-7-18-17(19)14-21-11-9-20(10-12-21)13-16(22)15-5-3-2-4-6-15/h2-8,16,22H,9-14H2,1H3/t16-/m0/s1. The first-order valence-electron chi connectivity index (χ1n) is 7.86. The maximum Gasteiger partial charge on any atom is 0.122 e. The predicted molar refractivity (Wildman–Crippen MR) is 86.3 cm³/mol. The number of piperazine rings is 1. The van der Waals surface area contributed by atoms with Crippen LogP contribution in [0.5, 0.6) is 0 Å². The third-order valence-corrected chi connectivity index (χ3v) is 4.37. The van der Waals surface area contributed by atoms with Crippen molar-refractivity contribution in [3.05, 3.63) is 54.1 Å². The van der Waals surface area contributed by atoms with E-state index >= 15 is 0 Å². The van der Waals surface area contributed by atoms with Gasteiger partial charge in [-0.25, -0.2) is 4.98 Å². The SMILES string of the molecule is Cn1ccnc1CN1CCN(C[C@H](O)c2ccccc2)CC1. The summed E-state index contributed by atoms with van der Waals surface area (Å²) >= 11 is 0. The van der Waals surface area contributed by atoms with Gasteiger partial charge in [-0.15, -0.1) is 0 Å². The number of benzene rings is 1. The Bertz CT molecular complexity index is 575. The van der Waals surface area contributed by atoms with Crippen LogP contribution in [0.1, 0.15) is 17.5 Å². The normalized spacial score (nSPS) is 18.5. The Morgan fingerprint density at radius 3 is 2.41 bits per heavy atom. The third-order valence-electron chi connectivity index (χ3n) is 4.37. The van der Waals surface area contributed by atoms with Crippen molar-refractivity contribution in [3.8, 4) is 0 Å². The summed E-state index contributed by atoms with van der Waals surface area (Å²) in [5.74, 6) is 1.11. The average molecular weight is 300 g/mol. The molecule has 5 nitrogen and oxygen atoms in total. The summed E-state index contributed by atoms with van der Waals surface area (Å²) in [6.07, 6.45) is 3.44. The monoisotopic (exact) mass is 300 g/mol. The molecule has 0 unspecified atom stereocenters. The van der Waals surface area contributed by atoms with Gasteiger partial charge in [0.2, 0.25) is 0 Å². The van der Waals surface area contributed by atoms with E-state index < -0.39 is 6.10 Å². The summed E-state index contributed by atoms with van der Waals surface area (Å²) < 4.78 is 2.07. The molecule has 0 saturated carbocycles. The van der Waals surface area contributed by atoms with Crippen LogP contribution in [0, 0.1) is 0 Å². The number of β-amino-alcohol motifs (C(OH)–C–C–N with tert-alkyl or cyclic N) is 1. The van der Waals surface area contributed by atoms with Crippen LogP contribution >= 0.6 is 0 Å². The number of hydrogen-bond acceptors (Lipinski definition) is 4. The number of hydrogen-bond donors (Lipinski definition) is 1. The van der Waals surface area contributed by atoms with Crippen LogP contribution in [0.25, 0.3) is 0 Å². The number of aliphatic hydroxyl groups is 1. The molecule has 0 aliphatic carbocycles. The van der Waals surface area contributed by atoms with E-state index in [1.165, 1.54) is 0 Å². The van der Waals surface area contributed by atoms with Gasteiger partial charge in [0, 0.05) is 52.2 Å². The molecule has 2 heterocycles. The summed E-state index contributed by atoms with van der Waals surface area (Å²) in [5, 5.41) is 10.3. The minimum Gasteiger partial charge on any atom is -0.387 e. The number of imidazole rings is 1. The van der Waals surface area contributed by atoms with Crippen LogP contribution in [-0.4, -0.2) is 57.2 Å². The fourth-order valence-corrected chi connectivity index (χ4v) is 2.90. The predicted octanol–water partition coefficient (Wildman–Crippen LogP) is 1.27. The summed E-state index contributed by atoms with van der Waals surface area (Å²) in [6.45, 7) is 5.64. The molecule has 1 aliphatic rings. The zero-order valence-corrected chi connectivity index (χ0v) is 13.1. The molecule has 1 aliphatic heterocycles. The molecule has 5 heteroatoms. The van der Waals surface area contributed by atoms with Gasteiger partial charge in [-0.2, -0.15) is 0 Å². The first kappa shape index (κ1) is 15.2. The topological polar surface area (TPSA) is 44.5 Å². The Kier molecular flexibility index (Phi) is 4.87. The molecule has 1 fully saturated rings. The van der Waals surface area contributed by atoms with Crippen molar-refractivity contribution in [1.82, 2.24) is 19.4 Å². The summed E-state index contributed by atoms with van der Waals surface area (Å²) in [5.41, 5.74) is 0.998. The average Bonchev–Trinajstić information content (AvgIpc) is 2.95. The minimum atomic E-state index is -0.401. The quantitative estimate of drug-likeness (QED) is 0.903. The minimum absolute atomic E-state index is 0.401. The fraction of sp³-hybridized carbons (Fsp3) is 0.471. The van der Waals surface area contributed by atoms with Crippen LogP contribution in [0.15, 0.2) is 42.7 Å². The van der Waals surface area contributed by atoms with Crippen molar-refractivity contribution >= 4 is 0 Å². The van der Waals surface area contributed by atoms with Crippen LogP contribution in [0.3, 0.4) is 0 Å². The first-order valence-corrected chi connectivity index (χ1v) is 7.86. The molecule has 1 aromatic heterocycles. The highest BCUT2D eigenvalue weighted by atomic mass is 16.3. The van der Waals surface area contributed by atoms with E-state index in [9.17, 15) is 5.11 Å². The van der Waals surface area contributed by atoms with Crippen molar-refractivity contribution in [1.29, 1.82) is 0 Å². The van der Waals surface area contributed by atoms with E-state index in [2.05, 4.69) is 19.4 Å². The fourth-order valence-electron chi connectivity index (χ4n) is 2.90. The molecule has 3 rings (SSSR count). The van der Waals surface area contributed by atoms with Crippen molar-refractivity contribution in [2.24, 2.45) is 7.05 Å². The molecule has 0 spiro atoms. The maximum absolute atomic E-state index is 10.3. The molecular weight excluding hydrogens is 276 g/mol. The Hall–Kier alpha value is -1.69. The lowest BCUT2D eigenvalue weighted by Crippen LogP contribution is -2.47. The highest BCUT2D eigenvalue weighted by Gasteiger charge is 2.20. The number of aryl methyl sites for hydroxylation is 1. The van der Waals surface area contributed by atoms with Gasteiger partial charge < -0.3 is 9.67 Å². The van der Waals surface area contributed by atoms with Crippen LogP contribution in [-0.2, 0) is 13.6 Å². The lowest BCUT2D eigenvalue weighted by Gasteiger charge is -2.35. The van der Waals surface area contributed by atoms with Gasteiger partial charge in [0.1, 0.15) is 5.82 Å². The molecular formula is C17H24N4O. The molecule has 1 atom stereocenters. The molecule has 0 bridgehead atoms. The van der Waals surface area contributed by atoms with E-state index in [4.69, 9.17) is 0 Å². The van der Waals surface area contributed by atoms with Gasteiger partial charge in [-0.1, -0.05) is 30.3 Å². The van der Waals surface area contributed by atoms with E-state index in [0.717, 1.165) is 44.1 Å². The van der Waals surface area contributed by atoms with Gasteiger partial charge in [-0.3, -0.25) is 9.80 Å². The van der Waals surface area contributed by atoms with Crippen molar-refractivity contribution < 1.29 is 5.11 Å². The molecule has 22 heavy (non-hydrogen) atoms. The highest BCUT2D eigenvalue weighted by molar-refractivity contribution is 5.17. The highest BCUT2D eigenvalue weighted by Crippen LogP contribution is 2.15. The van der Waals surface area contributed by atoms with Gasteiger partial charge in [0.25, 0.3) is 0 Å². The lowest BCUT2D eigenvalue weighted by molar-refractivity contribution is 0.0690. The van der Waals surface area contributed by atoms with Crippen molar-refractivity contribution in [3.63, 3.8) is 0 Å². The Labute approximate surface area is 131 Å². The van der Waals surface area contributed by atoms with E-state index in [-0.39, 0.29) is 0 Å². The Balaban J connectivity index is 1.47. The number of aliphatic hydroxyl groups excluding tert-OH is 1. The number of aromatic nitrogens is 2. The van der Waals surface area contributed by atoms with Gasteiger partial charge in [0.05, 0.1) is 12.6 Å². The van der Waals surface area contributed by atoms with Crippen molar-refractivity contribution in [2.75, 3.05) is 32.7 Å². The second kappa shape index (κ2) is 7.05. The number of nitrogens with zero attached hydrogens (tertiary/aromatic N) is 4. The molecule has 118 valence electrons. The molecule has 1 aromatic carbocycles. The second-order valence-electron chi connectivity index (χ2n) is 5.96. The zero-order valence-electron chi connectivity index (χ0n) is 13.1. The van der Waals surface area contributed by atoms with E-state index in [0.29, 0.717) is 6.54 Å². The zero-order chi connectivity index (χ0) is 15.4. The van der Waals surface area contributed by atoms with Gasteiger partial charge in [-0.05, 0) is 5.56 Å². The smallest absolute Gasteiger partial charge is 0.122 e. The first-order chi connectivity index (χ1) is 10.7. The van der Waals surface area contributed by atoms with Gasteiger partial charge >= 0.3 is 0 Å². The number of rotatable bonds is 5. The van der Waals surface area contributed by atoms with Crippen molar-refractivity contribution in [2.45, 2.75) is 12.6 Å². The Morgan fingerprint density at radius 1 is 1.09 bits per heavy atom. The summed E-state index contributed by atoms with van der Waals surface area (Å²) in [4.78, 5) is 9.15. The second-order valence-corrected chi connectivity index (χ2v) is 5.96. The maximum atomic E-state index is 10.3. The molecule has 1 saturated heterocycles. The van der Waals surface area contributed by atoms with E-state index in [1.54, 1.807) is 0 Å².